The molecule has 156 valence electrons. The fourth-order valence-corrected chi connectivity index (χ4v) is 3.29. The Morgan fingerprint density at radius 3 is 2.41 bits per heavy atom. The van der Waals surface area contributed by atoms with Gasteiger partial charge in [-0.25, -0.2) is 0 Å². The van der Waals surface area contributed by atoms with Crippen LogP contribution < -0.4 is 15.4 Å². The fourth-order valence-electron chi connectivity index (χ4n) is 3.29. The maximum atomic E-state index is 11.7. The van der Waals surface area contributed by atoms with Gasteiger partial charge in [-0.2, -0.15) is 0 Å². The molecular weight excluding hydrogens is 479 g/mol. The summed E-state index contributed by atoms with van der Waals surface area (Å²) in [7, 11) is 3.43. The molecule has 0 atom stereocenters. The molecule has 2 aromatic rings. The van der Waals surface area contributed by atoms with Crippen molar-refractivity contribution in [3.8, 4) is 5.75 Å². The maximum Gasteiger partial charge on any atom is 0.222 e. The molecule has 29 heavy (non-hydrogen) atoms. The van der Waals surface area contributed by atoms with E-state index in [1.54, 1.807) is 14.2 Å². The average Bonchev–Trinajstić information content (AvgIpc) is 3.14. The van der Waals surface area contributed by atoms with Crippen LogP contribution in [0.1, 0.15) is 29.5 Å². The number of nitrogens with zero attached hydrogens (tertiary/aromatic N) is 2. The van der Waals surface area contributed by atoms with Gasteiger partial charge in [0.15, 0.2) is 5.96 Å². The van der Waals surface area contributed by atoms with Crippen LogP contribution in [-0.2, 0) is 24.4 Å². The van der Waals surface area contributed by atoms with E-state index in [0.717, 1.165) is 41.4 Å². The van der Waals surface area contributed by atoms with Crippen molar-refractivity contribution >= 4 is 35.8 Å². The third kappa shape index (κ3) is 6.62. The number of guanidine groups is 1. The number of carbonyl (C=O) groups excluding carboxylic acids is 1. The van der Waals surface area contributed by atoms with E-state index in [-0.39, 0.29) is 29.9 Å². The molecule has 1 aliphatic rings. The molecule has 0 aliphatic carbocycles. The Balaban J connectivity index is 0.00000300. The first-order valence-corrected chi connectivity index (χ1v) is 9.61. The molecule has 0 saturated carbocycles. The fraction of sp³-hybridized carbons (Fsp3) is 0.364. The summed E-state index contributed by atoms with van der Waals surface area (Å²) < 4.78 is 5.38. The third-order valence-corrected chi connectivity index (χ3v) is 4.89. The molecule has 0 spiro atoms. The molecule has 1 aliphatic heterocycles. The van der Waals surface area contributed by atoms with Crippen LogP contribution in [0.25, 0.3) is 0 Å². The Bertz CT molecular complexity index is 824. The zero-order valence-electron chi connectivity index (χ0n) is 17.0. The van der Waals surface area contributed by atoms with E-state index in [9.17, 15) is 4.79 Å². The number of ether oxygens (including phenoxy) is 1. The van der Waals surface area contributed by atoms with E-state index in [4.69, 9.17) is 4.74 Å². The topological polar surface area (TPSA) is 66.0 Å². The van der Waals surface area contributed by atoms with Crippen LogP contribution in [0.4, 0.5) is 0 Å². The van der Waals surface area contributed by atoms with Crippen LogP contribution in [0.2, 0.25) is 0 Å². The molecular formula is C22H29IN4O2. The number of amides is 1. The summed E-state index contributed by atoms with van der Waals surface area (Å²) in [5, 5.41) is 6.64. The first kappa shape index (κ1) is 23.0. The van der Waals surface area contributed by atoms with E-state index in [1.165, 1.54) is 0 Å². The standard InChI is InChI=1S/C22H28N4O2.HI/c1-23-22(25-15-19-6-3-4-7-20(19)28-2)24-14-17-9-11-18(12-10-17)16-26-13-5-8-21(26)27;/h3-4,6-7,9-12H,5,8,13-16H2,1-2H3,(H2,23,24,25);1H. The van der Waals surface area contributed by atoms with Crippen LogP contribution >= 0.6 is 24.0 Å². The lowest BCUT2D eigenvalue weighted by atomic mass is 10.1. The molecule has 1 amide bonds. The zero-order chi connectivity index (χ0) is 19.8. The molecule has 7 heteroatoms. The van der Waals surface area contributed by atoms with Crippen molar-refractivity contribution in [2.45, 2.75) is 32.5 Å². The molecule has 1 fully saturated rings. The van der Waals surface area contributed by atoms with Crippen molar-refractivity contribution < 1.29 is 9.53 Å². The number of para-hydroxylation sites is 1. The van der Waals surface area contributed by atoms with Crippen molar-refractivity contribution in [1.29, 1.82) is 0 Å². The second-order valence-electron chi connectivity index (χ2n) is 6.83. The summed E-state index contributed by atoms with van der Waals surface area (Å²) in [4.78, 5) is 18.0. The minimum absolute atomic E-state index is 0. The lowest BCUT2D eigenvalue weighted by Crippen LogP contribution is -2.36. The highest BCUT2D eigenvalue weighted by atomic mass is 127. The molecule has 2 N–H and O–H groups in total. The van der Waals surface area contributed by atoms with Crippen LogP contribution in [0.3, 0.4) is 0 Å². The number of nitrogens with one attached hydrogen (secondary N) is 2. The Morgan fingerprint density at radius 2 is 1.76 bits per heavy atom. The van der Waals surface area contributed by atoms with Crippen LogP contribution in [0, 0.1) is 0 Å². The van der Waals surface area contributed by atoms with E-state index in [2.05, 4.69) is 39.9 Å². The van der Waals surface area contributed by atoms with Gasteiger partial charge < -0.3 is 20.3 Å². The number of halogens is 1. The monoisotopic (exact) mass is 508 g/mol. The van der Waals surface area contributed by atoms with Gasteiger partial charge in [-0.15, -0.1) is 24.0 Å². The quantitative estimate of drug-likeness (QED) is 0.342. The predicted octanol–water partition coefficient (Wildman–Crippen LogP) is 3.30. The van der Waals surface area contributed by atoms with Crippen molar-refractivity contribution in [3.05, 3.63) is 65.2 Å². The number of hydrogen-bond acceptors (Lipinski definition) is 3. The Kier molecular flexibility index (Phi) is 9.24. The van der Waals surface area contributed by atoms with Gasteiger partial charge in [-0.1, -0.05) is 42.5 Å². The summed E-state index contributed by atoms with van der Waals surface area (Å²) in [5.74, 6) is 1.85. The Morgan fingerprint density at radius 1 is 1.07 bits per heavy atom. The summed E-state index contributed by atoms with van der Waals surface area (Å²) in [6.07, 6.45) is 1.66. The highest BCUT2D eigenvalue weighted by Gasteiger charge is 2.19. The van der Waals surface area contributed by atoms with Crippen LogP contribution in [0.5, 0.6) is 5.75 Å². The molecule has 1 saturated heterocycles. The van der Waals surface area contributed by atoms with Crippen molar-refractivity contribution in [1.82, 2.24) is 15.5 Å². The van der Waals surface area contributed by atoms with E-state index in [1.807, 2.05) is 29.2 Å². The molecule has 1 heterocycles. The molecule has 6 nitrogen and oxygen atoms in total. The van der Waals surface area contributed by atoms with Gasteiger partial charge >= 0.3 is 0 Å². The van der Waals surface area contributed by atoms with E-state index >= 15 is 0 Å². The second-order valence-corrected chi connectivity index (χ2v) is 6.83. The van der Waals surface area contributed by atoms with Crippen molar-refractivity contribution in [2.75, 3.05) is 20.7 Å². The second kappa shape index (κ2) is 11.6. The Hall–Kier alpha value is -2.29. The summed E-state index contributed by atoms with van der Waals surface area (Å²) in [6, 6.07) is 16.3. The van der Waals surface area contributed by atoms with Crippen LogP contribution in [0.15, 0.2) is 53.5 Å². The largest absolute Gasteiger partial charge is 0.496 e. The van der Waals surface area contributed by atoms with Crippen molar-refractivity contribution in [3.63, 3.8) is 0 Å². The molecule has 0 aromatic heterocycles. The Labute approximate surface area is 189 Å². The molecule has 3 rings (SSSR count). The zero-order valence-corrected chi connectivity index (χ0v) is 19.3. The highest BCUT2D eigenvalue weighted by Crippen LogP contribution is 2.17. The van der Waals surface area contributed by atoms with Gasteiger partial charge in [0.25, 0.3) is 0 Å². The number of carbonyl (C=O) groups is 1. The predicted molar refractivity (Wildman–Crippen MR) is 127 cm³/mol. The number of methoxy groups -OCH3 is 1. The molecule has 2 aromatic carbocycles. The maximum absolute atomic E-state index is 11.7. The highest BCUT2D eigenvalue weighted by molar-refractivity contribution is 14.0. The molecule has 0 unspecified atom stereocenters. The van der Waals surface area contributed by atoms with Gasteiger partial charge in [-0.05, 0) is 23.6 Å². The lowest BCUT2D eigenvalue weighted by Gasteiger charge is -2.16. The normalized spacial score (nSPS) is 13.8. The van der Waals surface area contributed by atoms with Gasteiger partial charge in [0, 0.05) is 45.2 Å². The molecule has 0 bridgehead atoms. The number of likely N-dealkylation sites (tertiary alicyclic amines) is 1. The summed E-state index contributed by atoms with van der Waals surface area (Å²) in [6.45, 7) is 2.88. The third-order valence-electron chi connectivity index (χ3n) is 4.89. The minimum atomic E-state index is 0. The SMILES string of the molecule is CN=C(NCc1ccc(CN2CCCC2=O)cc1)NCc1ccccc1OC.I. The summed E-state index contributed by atoms with van der Waals surface area (Å²) in [5.41, 5.74) is 3.41. The summed E-state index contributed by atoms with van der Waals surface area (Å²) >= 11 is 0. The van der Waals surface area contributed by atoms with E-state index in [0.29, 0.717) is 26.1 Å². The van der Waals surface area contributed by atoms with Gasteiger partial charge in [0.2, 0.25) is 5.91 Å². The van der Waals surface area contributed by atoms with Gasteiger partial charge in [0.1, 0.15) is 5.75 Å². The number of hydrogen-bond donors (Lipinski definition) is 2. The minimum Gasteiger partial charge on any atom is -0.496 e. The smallest absolute Gasteiger partial charge is 0.222 e. The van der Waals surface area contributed by atoms with Gasteiger partial charge in [-0.3, -0.25) is 9.79 Å². The van der Waals surface area contributed by atoms with Gasteiger partial charge in [0.05, 0.1) is 7.11 Å². The first-order valence-electron chi connectivity index (χ1n) is 9.61. The van der Waals surface area contributed by atoms with Crippen LogP contribution in [-0.4, -0.2) is 37.5 Å². The number of benzene rings is 2. The molecule has 0 radical (unpaired) electrons. The number of aliphatic imine (C=N–C) groups is 1. The number of rotatable bonds is 7. The van der Waals surface area contributed by atoms with Crippen molar-refractivity contribution in [2.24, 2.45) is 4.99 Å². The lowest BCUT2D eigenvalue weighted by molar-refractivity contribution is -0.128. The average molecular weight is 508 g/mol. The van der Waals surface area contributed by atoms with E-state index < -0.39 is 0 Å². The first-order chi connectivity index (χ1) is 13.7.